The van der Waals surface area contributed by atoms with E-state index in [1.165, 1.54) is 5.56 Å². The second-order valence-corrected chi connectivity index (χ2v) is 7.39. The zero-order valence-electron chi connectivity index (χ0n) is 14.5. The average molecular weight is 334 g/mol. The molecule has 0 amide bonds. The minimum absolute atomic E-state index is 0.162. The molecule has 1 saturated heterocycles. The number of nitrogens with zero attached hydrogens (tertiary/aromatic N) is 1. The van der Waals surface area contributed by atoms with Crippen LogP contribution in [0.2, 0.25) is 0 Å². The Bertz CT molecular complexity index is 555. The number of hydrogen-bond acceptors (Lipinski definition) is 3. The minimum Gasteiger partial charge on any atom is -0.376 e. The third-order valence-corrected chi connectivity index (χ3v) is 4.24. The molecule has 0 aliphatic carbocycles. The number of benzene rings is 1. The third kappa shape index (κ3) is 5.59. The molecule has 0 bridgehead atoms. The Morgan fingerprint density at radius 1 is 1.30 bits per heavy atom. The van der Waals surface area contributed by atoms with Crippen molar-refractivity contribution in [1.82, 2.24) is 10.7 Å². The van der Waals surface area contributed by atoms with Crippen molar-refractivity contribution in [1.29, 1.82) is 0 Å². The quantitative estimate of drug-likeness (QED) is 0.504. The molecule has 4 nitrogen and oxygen atoms in total. The monoisotopic (exact) mass is 333 g/mol. The number of hydrazone groups is 1. The molecule has 0 saturated carbocycles. The lowest BCUT2D eigenvalue weighted by molar-refractivity contribution is 0.114. The van der Waals surface area contributed by atoms with Crippen LogP contribution < -0.4 is 10.7 Å². The molecule has 0 spiro atoms. The fraction of sp³-hybridized carbons (Fsp3) is 0.556. The lowest BCUT2D eigenvalue weighted by atomic mass is 9.86. The van der Waals surface area contributed by atoms with Crippen LogP contribution in [0, 0.1) is 0 Å². The predicted octanol–water partition coefficient (Wildman–Crippen LogP) is 3.35. The van der Waals surface area contributed by atoms with E-state index in [2.05, 4.69) is 60.9 Å². The Balaban J connectivity index is 1.85. The van der Waals surface area contributed by atoms with Gasteiger partial charge in [0.05, 0.1) is 11.8 Å². The highest BCUT2D eigenvalue weighted by Crippen LogP contribution is 2.22. The van der Waals surface area contributed by atoms with Gasteiger partial charge in [-0.1, -0.05) is 45.0 Å². The van der Waals surface area contributed by atoms with Gasteiger partial charge in [0.15, 0.2) is 5.11 Å². The minimum atomic E-state index is 0.162. The predicted molar refractivity (Wildman–Crippen MR) is 100 cm³/mol. The SMILES string of the molecule is C/C(=N\NC(=S)NCC1CCCO1)c1ccc(C(C)(C)C)cc1. The van der Waals surface area contributed by atoms with E-state index < -0.39 is 0 Å². The van der Waals surface area contributed by atoms with Gasteiger partial charge in [-0.15, -0.1) is 0 Å². The molecule has 5 heteroatoms. The van der Waals surface area contributed by atoms with E-state index in [-0.39, 0.29) is 11.5 Å². The molecule has 0 radical (unpaired) electrons. The maximum absolute atomic E-state index is 5.55. The van der Waals surface area contributed by atoms with Gasteiger partial charge in [-0.2, -0.15) is 5.10 Å². The first-order valence-corrected chi connectivity index (χ1v) is 8.58. The molecule has 1 aliphatic rings. The Labute approximate surface area is 144 Å². The van der Waals surface area contributed by atoms with Crippen molar-refractivity contribution in [2.45, 2.75) is 52.1 Å². The summed E-state index contributed by atoms with van der Waals surface area (Å²) >= 11 is 5.24. The average Bonchev–Trinajstić information content (AvgIpc) is 3.03. The molecule has 1 fully saturated rings. The molecule has 126 valence electrons. The van der Waals surface area contributed by atoms with E-state index in [1.807, 2.05) is 6.92 Å². The van der Waals surface area contributed by atoms with E-state index >= 15 is 0 Å². The fourth-order valence-electron chi connectivity index (χ4n) is 2.46. The molecule has 2 N–H and O–H groups in total. The lowest BCUT2D eigenvalue weighted by Crippen LogP contribution is -2.37. The van der Waals surface area contributed by atoms with Crippen molar-refractivity contribution < 1.29 is 4.74 Å². The second-order valence-electron chi connectivity index (χ2n) is 6.98. The summed E-state index contributed by atoms with van der Waals surface area (Å²) in [5.41, 5.74) is 6.38. The van der Waals surface area contributed by atoms with Crippen LogP contribution in [0.25, 0.3) is 0 Å². The largest absolute Gasteiger partial charge is 0.376 e. The summed E-state index contributed by atoms with van der Waals surface area (Å²) in [4.78, 5) is 0. The Kier molecular flexibility index (Phi) is 6.13. The Hall–Kier alpha value is -1.46. The lowest BCUT2D eigenvalue weighted by Gasteiger charge is -2.19. The summed E-state index contributed by atoms with van der Waals surface area (Å²) in [5, 5.41) is 8.04. The van der Waals surface area contributed by atoms with Gasteiger partial charge in [0.2, 0.25) is 0 Å². The summed E-state index contributed by atoms with van der Waals surface area (Å²) in [7, 11) is 0. The van der Waals surface area contributed by atoms with Crippen molar-refractivity contribution in [3.05, 3.63) is 35.4 Å². The van der Waals surface area contributed by atoms with Crippen molar-refractivity contribution in [3.63, 3.8) is 0 Å². The topological polar surface area (TPSA) is 45.7 Å². The maximum atomic E-state index is 5.55. The van der Waals surface area contributed by atoms with Gasteiger partial charge >= 0.3 is 0 Å². The van der Waals surface area contributed by atoms with Crippen LogP contribution in [0.1, 0.15) is 51.7 Å². The normalized spacial score (nSPS) is 18.8. The molecule has 1 atom stereocenters. The van der Waals surface area contributed by atoms with Crippen molar-refractivity contribution in [3.8, 4) is 0 Å². The fourth-order valence-corrected chi connectivity index (χ4v) is 2.59. The number of ether oxygens (including phenoxy) is 1. The van der Waals surface area contributed by atoms with Gasteiger partial charge in [0, 0.05) is 13.2 Å². The van der Waals surface area contributed by atoms with Crippen LogP contribution in [0.15, 0.2) is 29.4 Å². The number of hydrogen-bond donors (Lipinski definition) is 2. The van der Waals surface area contributed by atoms with Crippen molar-refractivity contribution >= 4 is 23.0 Å². The zero-order valence-corrected chi connectivity index (χ0v) is 15.3. The first kappa shape index (κ1) is 17.9. The van der Waals surface area contributed by atoms with Crippen LogP contribution in [-0.4, -0.2) is 30.1 Å². The molecule has 2 rings (SSSR count). The van der Waals surface area contributed by atoms with Crippen LogP contribution in [0.5, 0.6) is 0 Å². The zero-order chi connectivity index (χ0) is 16.9. The Morgan fingerprint density at radius 3 is 2.57 bits per heavy atom. The number of rotatable bonds is 4. The highest BCUT2D eigenvalue weighted by molar-refractivity contribution is 7.80. The first-order chi connectivity index (χ1) is 10.9. The van der Waals surface area contributed by atoms with Gasteiger partial charge in [0.1, 0.15) is 0 Å². The Morgan fingerprint density at radius 2 is 2.00 bits per heavy atom. The molecule has 1 aliphatic heterocycles. The standard InChI is InChI=1S/C18H27N3OS/c1-13(14-7-9-15(10-8-14)18(2,3)4)20-21-17(23)19-12-16-6-5-11-22-16/h7-10,16H,5-6,11-12H2,1-4H3,(H2,19,21,23)/b20-13+. The molecule has 0 aromatic heterocycles. The van der Waals surface area contributed by atoms with Crippen LogP contribution in [0.3, 0.4) is 0 Å². The molecule has 23 heavy (non-hydrogen) atoms. The summed E-state index contributed by atoms with van der Waals surface area (Å²) in [6.07, 6.45) is 2.50. The van der Waals surface area contributed by atoms with E-state index in [0.29, 0.717) is 5.11 Å². The van der Waals surface area contributed by atoms with E-state index in [4.69, 9.17) is 17.0 Å². The smallest absolute Gasteiger partial charge is 0.187 e. The van der Waals surface area contributed by atoms with E-state index in [1.54, 1.807) is 0 Å². The molecule has 1 heterocycles. The van der Waals surface area contributed by atoms with Gasteiger partial charge in [0.25, 0.3) is 0 Å². The van der Waals surface area contributed by atoms with Crippen molar-refractivity contribution in [2.24, 2.45) is 5.10 Å². The number of nitrogens with one attached hydrogen (secondary N) is 2. The van der Waals surface area contributed by atoms with Crippen LogP contribution in [-0.2, 0) is 10.2 Å². The third-order valence-electron chi connectivity index (χ3n) is 4.01. The second kappa shape index (κ2) is 7.88. The first-order valence-electron chi connectivity index (χ1n) is 8.17. The van der Waals surface area contributed by atoms with E-state index in [0.717, 1.165) is 37.3 Å². The van der Waals surface area contributed by atoms with Gasteiger partial charge in [-0.05, 0) is 48.5 Å². The molecule has 1 aromatic carbocycles. The maximum Gasteiger partial charge on any atom is 0.187 e. The molecular formula is C18H27N3OS. The van der Waals surface area contributed by atoms with Crippen molar-refractivity contribution in [2.75, 3.05) is 13.2 Å². The summed E-state index contributed by atoms with van der Waals surface area (Å²) < 4.78 is 5.55. The van der Waals surface area contributed by atoms with E-state index in [9.17, 15) is 0 Å². The van der Waals surface area contributed by atoms with Crippen LogP contribution >= 0.6 is 12.2 Å². The summed E-state index contributed by atoms with van der Waals surface area (Å²) in [6, 6.07) is 8.51. The van der Waals surface area contributed by atoms with Gasteiger partial charge in [-0.25, -0.2) is 0 Å². The summed E-state index contributed by atoms with van der Waals surface area (Å²) in [6.45, 7) is 10.2. The number of thiocarbonyl (C=S) groups is 1. The van der Waals surface area contributed by atoms with Gasteiger partial charge in [-0.3, -0.25) is 5.43 Å². The van der Waals surface area contributed by atoms with Gasteiger partial charge < -0.3 is 10.1 Å². The van der Waals surface area contributed by atoms with Crippen LogP contribution in [0.4, 0.5) is 0 Å². The summed E-state index contributed by atoms with van der Waals surface area (Å²) in [5.74, 6) is 0. The molecular weight excluding hydrogens is 306 g/mol. The molecule has 1 unspecified atom stereocenters. The molecule has 1 aromatic rings. The highest BCUT2D eigenvalue weighted by atomic mass is 32.1. The highest BCUT2D eigenvalue weighted by Gasteiger charge is 2.15.